The molecule has 26 heavy (non-hydrogen) atoms. The van der Waals surface area contributed by atoms with Gasteiger partial charge < -0.3 is 4.74 Å². The van der Waals surface area contributed by atoms with Crippen molar-refractivity contribution in [2.45, 2.75) is 6.92 Å². The molecule has 1 aromatic heterocycles. The van der Waals surface area contributed by atoms with E-state index in [0.717, 1.165) is 16.9 Å². The van der Waals surface area contributed by atoms with Gasteiger partial charge in [-0.3, -0.25) is 9.78 Å². The van der Waals surface area contributed by atoms with Crippen LogP contribution in [-0.2, 0) is 0 Å². The van der Waals surface area contributed by atoms with Gasteiger partial charge in [-0.05, 0) is 36.8 Å². The Labute approximate surface area is 151 Å². The first-order chi connectivity index (χ1) is 12.8. The molecule has 1 N–H and O–H groups in total. The average molecular weight is 346 g/mol. The molecule has 0 bridgehead atoms. The number of rotatable bonds is 6. The van der Waals surface area contributed by atoms with Gasteiger partial charge in [-0.25, -0.2) is 10.4 Å². The van der Waals surface area contributed by atoms with Crippen LogP contribution in [0.2, 0.25) is 0 Å². The molecule has 1 heterocycles. The minimum Gasteiger partial charge on any atom is -0.494 e. The van der Waals surface area contributed by atoms with E-state index < -0.39 is 5.91 Å². The van der Waals surface area contributed by atoms with Gasteiger partial charge in [0.05, 0.1) is 30.9 Å². The summed E-state index contributed by atoms with van der Waals surface area (Å²) in [6.45, 7) is 2.54. The summed E-state index contributed by atoms with van der Waals surface area (Å²) in [6.07, 6.45) is 4.59. The van der Waals surface area contributed by atoms with Crippen molar-refractivity contribution in [3.8, 4) is 17.0 Å². The monoisotopic (exact) mass is 346 g/mol. The molecule has 0 fully saturated rings. The van der Waals surface area contributed by atoms with Crippen LogP contribution in [-0.4, -0.2) is 28.7 Å². The molecule has 3 rings (SSSR count). The molecule has 0 aliphatic heterocycles. The van der Waals surface area contributed by atoms with E-state index in [9.17, 15) is 4.79 Å². The number of benzene rings is 2. The van der Waals surface area contributed by atoms with Crippen molar-refractivity contribution in [2.75, 3.05) is 6.61 Å². The third-order valence-corrected chi connectivity index (χ3v) is 3.51. The number of ether oxygens (including phenoxy) is 1. The van der Waals surface area contributed by atoms with Crippen LogP contribution in [0.4, 0.5) is 0 Å². The Balaban J connectivity index is 1.70. The molecule has 1 amide bonds. The van der Waals surface area contributed by atoms with Crippen LogP contribution in [0.5, 0.6) is 5.75 Å². The van der Waals surface area contributed by atoms with E-state index in [1.165, 1.54) is 6.20 Å². The molecule has 130 valence electrons. The van der Waals surface area contributed by atoms with Crippen LogP contribution in [0, 0.1) is 0 Å². The number of carbonyl (C=O) groups excluding carboxylic acids is 1. The number of nitrogens with zero attached hydrogens (tertiary/aromatic N) is 3. The molecule has 6 nitrogen and oxygen atoms in total. The summed E-state index contributed by atoms with van der Waals surface area (Å²) < 4.78 is 5.42. The van der Waals surface area contributed by atoms with Gasteiger partial charge in [0.15, 0.2) is 0 Å². The van der Waals surface area contributed by atoms with E-state index in [0.29, 0.717) is 12.3 Å². The normalized spacial score (nSPS) is 10.7. The minimum atomic E-state index is -0.419. The van der Waals surface area contributed by atoms with Gasteiger partial charge in [0, 0.05) is 5.56 Å². The molecular formula is C20H18N4O2. The zero-order valence-corrected chi connectivity index (χ0v) is 14.3. The van der Waals surface area contributed by atoms with Gasteiger partial charge in [-0.2, -0.15) is 5.10 Å². The number of nitrogens with one attached hydrogen (secondary N) is 1. The molecule has 0 spiro atoms. The van der Waals surface area contributed by atoms with Gasteiger partial charge in [0.25, 0.3) is 5.91 Å². The third kappa shape index (κ3) is 4.51. The minimum absolute atomic E-state index is 0.196. The maximum Gasteiger partial charge on any atom is 0.291 e. The van der Waals surface area contributed by atoms with Gasteiger partial charge in [-0.1, -0.05) is 30.3 Å². The topological polar surface area (TPSA) is 76.5 Å². The van der Waals surface area contributed by atoms with Crippen LogP contribution in [0.1, 0.15) is 23.0 Å². The Bertz CT molecular complexity index is 893. The van der Waals surface area contributed by atoms with Crippen LogP contribution in [0.3, 0.4) is 0 Å². The highest BCUT2D eigenvalue weighted by Gasteiger charge is 2.09. The number of hydrogen-bond acceptors (Lipinski definition) is 5. The van der Waals surface area contributed by atoms with Crippen molar-refractivity contribution < 1.29 is 9.53 Å². The quantitative estimate of drug-likeness (QED) is 0.549. The van der Waals surface area contributed by atoms with Crippen molar-refractivity contribution in [1.29, 1.82) is 0 Å². The van der Waals surface area contributed by atoms with Gasteiger partial charge >= 0.3 is 0 Å². The lowest BCUT2D eigenvalue weighted by Gasteiger charge is -2.05. The average Bonchev–Trinajstić information content (AvgIpc) is 2.70. The molecule has 0 saturated heterocycles. The Morgan fingerprint density at radius 2 is 1.88 bits per heavy atom. The molecule has 3 aromatic rings. The van der Waals surface area contributed by atoms with Crippen LogP contribution in [0.15, 0.2) is 72.1 Å². The van der Waals surface area contributed by atoms with Crippen molar-refractivity contribution in [3.05, 3.63) is 78.2 Å². The summed E-state index contributed by atoms with van der Waals surface area (Å²) in [6, 6.07) is 17.0. The predicted octanol–water partition coefficient (Wildman–Crippen LogP) is 3.31. The van der Waals surface area contributed by atoms with E-state index in [2.05, 4.69) is 20.5 Å². The van der Waals surface area contributed by atoms with E-state index in [1.807, 2.05) is 61.5 Å². The standard InChI is InChI=1S/C20H18N4O2/c1-2-26-17-10-8-16(9-11-17)18-13-21-14-19(23-18)20(25)24-22-12-15-6-4-3-5-7-15/h3-14H,2H2,1H3,(H,24,25)/b22-12+. The highest BCUT2D eigenvalue weighted by atomic mass is 16.5. The first-order valence-corrected chi connectivity index (χ1v) is 8.20. The first-order valence-electron chi connectivity index (χ1n) is 8.20. The van der Waals surface area contributed by atoms with E-state index in [4.69, 9.17) is 4.74 Å². The molecule has 0 unspecified atom stereocenters. The molecule has 2 aromatic carbocycles. The predicted molar refractivity (Wildman–Crippen MR) is 100 cm³/mol. The summed E-state index contributed by atoms with van der Waals surface area (Å²) in [7, 11) is 0. The zero-order chi connectivity index (χ0) is 18.2. The van der Waals surface area contributed by atoms with Gasteiger partial charge in [0.2, 0.25) is 0 Å². The highest BCUT2D eigenvalue weighted by Crippen LogP contribution is 2.20. The van der Waals surface area contributed by atoms with Gasteiger partial charge in [-0.15, -0.1) is 0 Å². The number of amides is 1. The lowest BCUT2D eigenvalue weighted by Crippen LogP contribution is -2.19. The van der Waals surface area contributed by atoms with Crippen LogP contribution >= 0.6 is 0 Å². The molecule has 0 radical (unpaired) electrons. The Morgan fingerprint density at radius 3 is 2.62 bits per heavy atom. The Morgan fingerprint density at radius 1 is 1.12 bits per heavy atom. The van der Waals surface area contributed by atoms with Crippen molar-refractivity contribution >= 4 is 12.1 Å². The fourth-order valence-corrected chi connectivity index (χ4v) is 2.26. The molecule has 0 aliphatic rings. The number of carbonyl (C=O) groups is 1. The highest BCUT2D eigenvalue weighted by molar-refractivity contribution is 5.93. The van der Waals surface area contributed by atoms with E-state index >= 15 is 0 Å². The van der Waals surface area contributed by atoms with Gasteiger partial charge in [0.1, 0.15) is 11.4 Å². The first kappa shape index (κ1) is 17.3. The fraction of sp³-hybridized carbons (Fsp3) is 0.100. The van der Waals surface area contributed by atoms with Crippen molar-refractivity contribution in [3.63, 3.8) is 0 Å². The summed E-state index contributed by atoms with van der Waals surface area (Å²) in [5, 5.41) is 3.94. The number of aromatic nitrogens is 2. The zero-order valence-electron chi connectivity index (χ0n) is 14.3. The third-order valence-electron chi connectivity index (χ3n) is 3.51. The number of hydrogen-bond donors (Lipinski definition) is 1. The Hall–Kier alpha value is -3.54. The summed E-state index contributed by atoms with van der Waals surface area (Å²) in [4.78, 5) is 20.7. The summed E-state index contributed by atoms with van der Waals surface area (Å²) >= 11 is 0. The maximum absolute atomic E-state index is 12.2. The smallest absolute Gasteiger partial charge is 0.291 e. The van der Waals surface area contributed by atoms with E-state index in [1.54, 1.807) is 12.4 Å². The lowest BCUT2D eigenvalue weighted by molar-refractivity contribution is 0.0950. The fourth-order valence-electron chi connectivity index (χ4n) is 2.26. The van der Waals surface area contributed by atoms with E-state index in [-0.39, 0.29) is 5.69 Å². The maximum atomic E-state index is 12.2. The molecular weight excluding hydrogens is 328 g/mol. The lowest BCUT2D eigenvalue weighted by atomic mass is 10.1. The number of hydrazone groups is 1. The Kier molecular flexibility index (Phi) is 5.67. The second-order valence-corrected chi connectivity index (χ2v) is 5.36. The SMILES string of the molecule is CCOc1ccc(-c2cncc(C(=O)N/N=C/c3ccccc3)n2)cc1. The molecule has 0 aliphatic carbocycles. The van der Waals surface area contributed by atoms with Crippen LogP contribution in [0.25, 0.3) is 11.3 Å². The molecule has 0 saturated carbocycles. The molecule has 0 atom stereocenters. The summed E-state index contributed by atoms with van der Waals surface area (Å²) in [5.74, 6) is 0.367. The summed E-state index contributed by atoms with van der Waals surface area (Å²) in [5.41, 5.74) is 5.00. The molecule has 6 heteroatoms. The second kappa shape index (κ2) is 8.53. The second-order valence-electron chi connectivity index (χ2n) is 5.36. The van der Waals surface area contributed by atoms with Crippen molar-refractivity contribution in [2.24, 2.45) is 5.10 Å². The largest absolute Gasteiger partial charge is 0.494 e. The van der Waals surface area contributed by atoms with Crippen molar-refractivity contribution in [1.82, 2.24) is 15.4 Å². The van der Waals surface area contributed by atoms with Crippen LogP contribution < -0.4 is 10.2 Å².